The van der Waals surface area contributed by atoms with Gasteiger partial charge in [-0.2, -0.15) is 0 Å². The molecule has 0 fully saturated rings. The minimum absolute atomic E-state index is 0.515. The number of ether oxygens (including phenoxy) is 1. The first-order chi connectivity index (χ1) is 8.13. The van der Waals surface area contributed by atoms with Gasteiger partial charge in [0.05, 0.1) is 11.6 Å². The molecular weight excluding hydrogens is 236 g/mol. The molecule has 2 N–H and O–H groups in total. The van der Waals surface area contributed by atoms with Crippen LogP contribution in [0.1, 0.15) is 20.8 Å². The molecule has 1 rings (SSSR count). The first-order valence-electron chi connectivity index (χ1n) is 6.03. The second kappa shape index (κ2) is 7.41. The van der Waals surface area contributed by atoms with Gasteiger partial charge in [0, 0.05) is 30.9 Å². The van der Waals surface area contributed by atoms with Gasteiger partial charge in [0.1, 0.15) is 5.75 Å². The molecule has 0 aliphatic heterocycles. The Morgan fingerprint density at radius 3 is 2.71 bits per heavy atom. The van der Waals surface area contributed by atoms with Crippen molar-refractivity contribution < 1.29 is 4.74 Å². The van der Waals surface area contributed by atoms with Crippen LogP contribution in [0.2, 0.25) is 5.02 Å². The number of benzene rings is 1. The van der Waals surface area contributed by atoms with Gasteiger partial charge in [-0.3, -0.25) is 0 Å². The summed E-state index contributed by atoms with van der Waals surface area (Å²) in [7, 11) is 0. The molecule has 0 radical (unpaired) electrons. The van der Waals surface area contributed by atoms with E-state index in [1.54, 1.807) is 0 Å². The van der Waals surface area contributed by atoms with E-state index in [1.165, 1.54) is 0 Å². The van der Waals surface area contributed by atoms with Gasteiger partial charge in [0.15, 0.2) is 0 Å². The first-order valence-corrected chi connectivity index (χ1v) is 6.41. The van der Waals surface area contributed by atoms with Crippen molar-refractivity contribution in [3.63, 3.8) is 0 Å². The van der Waals surface area contributed by atoms with Crippen LogP contribution >= 0.6 is 11.6 Å². The van der Waals surface area contributed by atoms with Crippen molar-refractivity contribution in [2.24, 2.45) is 0 Å². The third-order valence-electron chi connectivity index (χ3n) is 2.24. The number of rotatable bonds is 7. The Hall–Kier alpha value is -0.930. The van der Waals surface area contributed by atoms with Crippen LogP contribution in [-0.2, 0) is 0 Å². The maximum Gasteiger partial charge on any atom is 0.139 e. The average molecular weight is 257 g/mol. The molecule has 4 heteroatoms. The van der Waals surface area contributed by atoms with E-state index in [4.69, 9.17) is 16.3 Å². The van der Waals surface area contributed by atoms with Gasteiger partial charge < -0.3 is 15.4 Å². The Morgan fingerprint density at radius 1 is 1.29 bits per heavy atom. The zero-order valence-corrected chi connectivity index (χ0v) is 11.5. The average Bonchev–Trinajstić information content (AvgIpc) is 2.28. The van der Waals surface area contributed by atoms with Crippen LogP contribution in [-0.4, -0.2) is 25.7 Å². The quantitative estimate of drug-likeness (QED) is 0.736. The smallest absolute Gasteiger partial charge is 0.139 e. The molecule has 96 valence electrons. The van der Waals surface area contributed by atoms with Gasteiger partial charge in [-0.05, 0) is 19.1 Å². The van der Waals surface area contributed by atoms with Crippen LogP contribution in [0, 0.1) is 0 Å². The number of halogens is 1. The van der Waals surface area contributed by atoms with Crippen molar-refractivity contribution in [1.82, 2.24) is 5.32 Å². The lowest BCUT2D eigenvalue weighted by molar-refractivity contribution is 0.340. The van der Waals surface area contributed by atoms with E-state index in [-0.39, 0.29) is 0 Å². The Bertz CT molecular complexity index is 342. The predicted octanol–water partition coefficient (Wildman–Crippen LogP) is 3.15. The highest BCUT2D eigenvalue weighted by Gasteiger charge is 2.02. The number of hydrogen-bond donors (Lipinski definition) is 2. The van der Waals surface area contributed by atoms with E-state index in [1.807, 2.05) is 25.1 Å². The summed E-state index contributed by atoms with van der Waals surface area (Å²) >= 11 is 6.01. The molecule has 17 heavy (non-hydrogen) atoms. The highest BCUT2D eigenvalue weighted by Crippen LogP contribution is 2.27. The molecule has 0 atom stereocenters. The van der Waals surface area contributed by atoms with Crippen LogP contribution in [0.4, 0.5) is 5.69 Å². The van der Waals surface area contributed by atoms with Gasteiger partial charge in [0.25, 0.3) is 0 Å². The van der Waals surface area contributed by atoms with E-state index in [0.29, 0.717) is 17.7 Å². The molecule has 0 aliphatic rings. The summed E-state index contributed by atoms with van der Waals surface area (Å²) in [5.74, 6) is 0.732. The lowest BCUT2D eigenvalue weighted by atomic mass is 10.3. The zero-order chi connectivity index (χ0) is 12.7. The predicted molar refractivity (Wildman–Crippen MR) is 74.2 cm³/mol. The Morgan fingerprint density at radius 2 is 2.06 bits per heavy atom. The molecule has 1 aromatic rings. The van der Waals surface area contributed by atoms with E-state index in [0.717, 1.165) is 24.5 Å². The Kier molecular flexibility index (Phi) is 6.16. The fourth-order valence-corrected chi connectivity index (χ4v) is 1.62. The van der Waals surface area contributed by atoms with Crippen LogP contribution in [0.15, 0.2) is 18.2 Å². The second-order valence-corrected chi connectivity index (χ2v) is 4.52. The van der Waals surface area contributed by atoms with Crippen molar-refractivity contribution in [1.29, 1.82) is 0 Å². The fraction of sp³-hybridized carbons (Fsp3) is 0.538. The maximum atomic E-state index is 6.01. The summed E-state index contributed by atoms with van der Waals surface area (Å²) in [6, 6.07) is 6.26. The molecule has 0 bridgehead atoms. The van der Waals surface area contributed by atoms with E-state index >= 15 is 0 Å². The first kappa shape index (κ1) is 14.1. The molecular formula is C13H21ClN2O. The molecule has 3 nitrogen and oxygen atoms in total. The summed E-state index contributed by atoms with van der Waals surface area (Å²) in [5, 5.41) is 7.32. The lowest BCUT2D eigenvalue weighted by Gasteiger charge is -2.12. The third-order valence-corrected chi connectivity index (χ3v) is 2.55. The minimum atomic E-state index is 0.515. The normalized spacial score (nSPS) is 10.6. The van der Waals surface area contributed by atoms with Gasteiger partial charge in [-0.25, -0.2) is 0 Å². The van der Waals surface area contributed by atoms with Crippen LogP contribution < -0.4 is 15.4 Å². The maximum absolute atomic E-state index is 6.01. The van der Waals surface area contributed by atoms with Crippen molar-refractivity contribution in [3.05, 3.63) is 23.2 Å². The largest absolute Gasteiger partial charge is 0.492 e. The molecule has 0 saturated carbocycles. The third kappa shape index (κ3) is 5.29. The monoisotopic (exact) mass is 256 g/mol. The second-order valence-electron chi connectivity index (χ2n) is 4.11. The van der Waals surface area contributed by atoms with Crippen LogP contribution in [0.3, 0.4) is 0 Å². The SMILES string of the molecule is CCOc1cc(NCCNC(C)C)ccc1Cl. The zero-order valence-electron chi connectivity index (χ0n) is 10.7. The Labute approximate surface area is 109 Å². The van der Waals surface area contributed by atoms with Crippen molar-refractivity contribution in [2.75, 3.05) is 25.0 Å². The van der Waals surface area contributed by atoms with E-state index in [9.17, 15) is 0 Å². The summed E-state index contributed by atoms with van der Waals surface area (Å²) < 4.78 is 5.43. The van der Waals surface area contributed by atoms with Gasteiger partial charge in [-0.1, -0.05) is 25.4 Å². The molecule has 0 aliphatic carbocycles. The summed E-state index contributed by atoms with van der Waals surface area (Å²) in [6.07, 6.45) is 0. The number of nitrogens with one attached hydrogen (secondary N) is 2. The van der Waals surface area contributed by atoms with E-state index < -0.39 is 0 Å². The molecule has 0 heterocycles. The van der Waals surface area contributed by atoms with Crippen molar-refractivity contribution in [2.45, 2.75) is 26.8 Å². The highest BCUT2D eigenvalue weighted by molar-refractivity contribution is 6.32. The van der Waals surface area contributed by atoms with Gasteiger partial charge >= 0.3 is 0 Å². The fourth-order valence-electron chi connectivity index (χ4n) is 1.45. The van der Waals surface area contributed by atoms with E-state index in [2.05, 4.69) is 24.5 Å². The molecule has 0 aromatic heterocycles. The minimum Gasteiger partial charge on any atom is -0.492 e. The van der Waals surface area contributed by atoms with Crippen molar-refractivity contribution in [3.8, 4) is 5.75 Å². The standard InChI is InChI=1S/C13H21ClN2O/c1-4-17-13-9-11(5-6-12(13)14)16-8-7-15-10(2)3/h5-6,9-10,15-16H,4,7-8H2,1-3H3. The number of anilines is 1. The lowest BCUT2D eigenvalue weighted by Crippen LogP contribution is -2.28. The topological polar surface area (TPSA) is 33.3 Å². The molecule has 0 unspecified atom stereocenters. The highest BCUT2D eigenvalue weighted by atomic mass is 35.5. The Balaban J connectivity index is 2.45. The van der Waals surface area contributed by atoms with Gasteiger partial charge in [0.2, 0.25) is 0 Å². The summed E-state index contributed by atoms with van der Waals surface area (Å²) in [5.41, 5.74) is 1.03. The molecule has 0 spiro atoms. The van der Waals surface area contributed by atoms with Crippen LogP contribution in [0.25, 0.3) is 0 Å². The molecule has 1 aromatic carbocycles. The number of hydrogen-bond acceptors (Lipinski definition) is 3. The van der Waals surface area contributed by atoms with Crippen molar-refractivity contribution >= 4 is 17.3 Å². The van der Waals surface area contributed by atoms with Crippen LogP contribution in [0.5, 0.6) is 5.75 Å². The summed E-state index contributed by atoms with van der Waals surface area (Å²) in [4.78, 5) is 0. The van der Waals surface area contributed by atoms with Gasteiger partial charge in [-0.15, -0.1) is 0 Å². The summed E-state index contributed by atoms with van der Waals surface area (Å²) in [6.45, 7) is 8.65. The molecule has 0 saturated heterocycles. The molecule has 0 amide bonds.